The van der Waals surface area contributed by atoms with Crippen molar-refractivity contribution in [2.24, 2.45) is 0 Å². The molecule has 0 spiro atoms. The van der Waals surface area contributed by atoms with Crippen LogP contribution in [-0.2, 0) is 14.3 Å². The van der Waals surface area contributed by atoms with E-state index in [1.165, 1.54) is 24.2 Å². The maximum atomic E-state index is 9.87. The minimum absolute atomic E-state index is 0.185. The van der Waals surface area contributed by atoms with Gasteiger partial charge >= 0.3 is 5.97 Å². The number of carbonyl (C=O) groups excluding carboxylic acids is 1. The van der Waals surface area contributed by atoms with Crippen LogP contribution in [-0.4, -0.2) is 30.2 Å². The Morgan fingerprint density at radius 3 is 2.91 bits per heavy atom. The van der Waals surface area contributed by atoms with Gasteiger partial charge in [0.2, 0.25) is 0 Å². The van der Waals surface area contributed by atoms with Gasteiger partial charge in [-0.3, -0.25) is 0 Å². The van der Waals surface area contributed by atoms with E-state index in [1.807, 2.05) is 0 Å². The van der Waals surface area contributed by atoms with Gasteiger partial charge in [0.15, 0.2) is 0 Å². The first-order valence-electron chi connectivity index (χ1n) is 2.93. The molecule has 0 saturated carbocycles. The van der Waals surface area contributed by atoms with Gasteiger partial charge in [0.25, 0.3) is 0 Å². The van der Waals surface area contributed by atoms with Gasteiger partial charge in [0.05, 0.1) is 6.61 Å². The molecular formula is C7H8O4. The Kier molecular flexibility index (Phi) is 5.89. The summed E-state index contributed by atoms with van der Waals surface area (Å²) in [6, 6.07) is 0. The Hall–Kier alpha value is -1.38. The molecule has 0 aromatic rings. The molecule has 0 rings (SSSR count). The third-order valence-corrected chi connectivity index (χ3v) is 0.740. The molecule has 0 fully saturated rings. The van der Waals surface area contributed by atoms with Crippen LogP contribution in [0.25, 0.3) is 0 Å². The van der Waals surface area contributed by atoms with Crippen molar-refractivity contribution in [3.05, 3.63) is 18.2 Å². The van der Waals surface area contributed by atoms with Crippen molar-refractivity contribution >= 4 is 11.9 Å². The van der Waals surface area contributed by atoms with E-state index in [1.54, 1.807) is 0 Å². The zero-order valence-corrected chi connectivity index (χ0v) is 5.82. The minimum atomic E-state index is -1.01. The van der Waals surface area contributed by atoms with E-state index < -0.39 is 5.97 Å². The fourth-order valence-electron chi connectivity index (χ4n) is 0.377. The van der Waals surface area contributed by atoms with Crippen LogP contribution in [0.1, 0.15) is 0 Å². The molecule has 0 amide bonds. The molecule has 0 saturated heterocycles. The SMILES string of the molecule is O=C=C/C=C/COCC(=O)O. The second kappa shape index (κ2) is 6.74. The largest absolute Gasteiger partial charge is 0.480 e. The van der Waals surface area contributed by atoms with Gasteiger partial charge in [0, 0.05) is 6.08 Å². The summed E-state index contributed by atoms with van der Waals surface area (Å²) < 4.78 is 4.61. The highest BCUT2D eigenvalue weighted by molar-refractivity contribution is 5.68. The summed E-state index contributed by atoms with van der Waals surface area (Å²) >= 11 is 0. The van der Waals surface area contributed by atoms with Gasteiger partial charge in [-0.25, -0.2) is 9.59 Å². The Labute approximate surface area is 63.8 Å². The maximum Gasteiger partial charge on any atom is 0.329 e. The van der Waals surface area contributed by atoms with E-state index in [0.29, 0.717) is 0 Å². The molecule has 4 nitrogen and oxygen atoms in total. The quantitative estimate of drug-likeness (QED) is 0.346. The summed E-state index contributed by atoms with van der Waals surface area (Å²) in [4.78, 5) is 19.4. The van der Waals surface area contributed by atoms with Crippen molar-refractivity contribution in [1.29, 1.82) is 0 Å². The molecule has 0 aromatic heterocycles. The molecule has 60 valence electrons. The number of carboxylic acid groups (broad SMARTS) is 1. The van der Waals surface area contributed by atoms with Crippen molar-refractivity contribution in [1.82, 2.24) is 0 Å². The molecule has 11 heavy (non-hydrogen) atoms. The normalized spacial score (nSPS) is 9.45. The van der Waals surface area contributed by atoms with Crippen molar-refractivity contribution < 1.29 is 19.4 Å². The summed E-state index contributed by atoms with van der Waals surface area (Å²) in [6.45, 7) is -0.139. The molecule has 0 atom stereocenters. The number of carbonyl (C=O) groups is 1. The van der Waals surface area contributed by atoms with Gasteiger partial charge < -0.3 is 9.84 Å². The topological polar surface area (TPSA) is 63.6 Å². The Bertz CT molecular complexity index is 189. The summed E-state index contributed by atoms with van der Waals surface area (Å²) in [5.74, 6) is 0.524. The highest BCUT2D eigenvalue weighted by Crippen LogP contribution is 1.77. The van der Waals surface area contributed by atoms with Gasteiger partial charge in [-0.2, -0.15) is 0 Å². The summed E-state index contributed by atoms with van der Waals surface area (Å²) in [7, 11) is 0. The predicted octanol–water partition coefficient (Wildman–Crippen LogP) is 0.0316. The molecule has 0 radical (unpaired) electrons. The van der Waals surface area contributed by atoms with E-state index in [-0.39, 0.29) is 13.2 Å². The first-order chi connectivity index (χ1) is 5.27. The second-order valence-electron chi connectivity index (χ2n) is 1.62. The summed E-state index contributed by atoms with van der Waals surface area (Å²) in [5, 5.41) is 8.10. The smallest absolute Gasteiger partial charge is 0.329 e. The summed E-state index contributed by atoms with van der Waals surface area (Å²) in [5.41, 5.74) is 0. The monoisotopic (exact) mass is 156 g/mol. The van der Waals surface area contributed by atoms with E-state index in [9.17, 15) is 9.59 Å². The first kappa shape index (κ1) is 9.62. The molecule has 0 aliphatic heterocycles. The average Bonchev–Trinajstić information content (AvgIpc) is 1.96. The van der Waals surface area contributed by atoms with E-state index in [0.717, 1.165) is 0 Å². The average molecular weight is 156 g/mol. The fourth-order valence-corrected chi connectivity index (χ4v) is 0.377. The molecule has 0 aliphatic rings. The minimum Gasteiger partial charge on any atom is -0.480 e. The summed E-state index contributed by atoms with van der Waals surface area (Å²) in [6.07, 6.45) is 4.13. The number of rotatable bonds is 5. The molecule has 4 heteroatoms. The standard InChI is InChI=1S/C7H8O4/c8-4-2-1-3-5-11-6-7(9)10/h1-3H,5-6H2,(H,9,10)/b3-1+. The van der Waals surface area contributed by atoms with Crippen molar-refractivity contribution in [3.8, 4) is 0 Å². The van der Waals surface area contributed by atoms with Crippen molar-refractivity contribution in [2.75, 3.05) is 13.2 Å². The van der Waals surface area contributed by atoms with Gasteiger partial charge in [-0.1, -0.05) is 12.2 Å². The molecular weight excluding hydrogens is 148 g/mol. The zero-order valence-electron chi connectivity index (χ0n) is 5.82. The highest BCUT2D eigenvalue weighted by atomic mass is 16.5. The highest BCUT2D eigenvalue weighted by Gasteiger charge is 1.91. The molecule has 0 heterocycles. The van der Waals surface area contributed by atoms with Gasteiger partial charge in [0.1, 0.15) is 12.5 Å². The lowest BCUT2D eigenvalue weighted by Crippen LogP contribution is -2.06. The van der Waals surface area contributed by atoms with E-state index in [4.69, 9.17) is 5.11 Å². The van der Waals surface area contributed by atoms with Crippen LogP contribution in [0, 0.1) is 0 Å². The van der Waals surface area contributed by atoms with Crippen LogP contribution in [0.4, 0.5) is 0 Å². The molecule has 0 aliphatic carbocycles. The number of aliphatic carboxylic acids is 1. The molecule has 0 aromatic carbocycles. The van der Waals surface area contributed by atoms with Crippen LogP contribution in [0.5, 0.6) is 0 Å². The van der Waals surface area contributed by atoms with Crippen LogP contribution in [0.15, 0.2) is 18.2 Å². The van der Waals surface area contributed by atoms with Crippen LogP contribution >= 0.6 is 0 Å². The fraction of sp³-hybridized carbons (Fsp3) is 0.286. The Morgan fingerprint density at radius 2 is 2.36 bits per heavy atom. The van der Waals surface area contributed by atoms with Crippen LogP contribution < -0.4 is 0 Å². The van der Waals surface area contributed by atoms with Gasteiger partial charge in [-0.15, -0.1) is 0 Å². The van der Waals surface area contributed by atoms with Crippen LogP contribution in [0.3, 0.4) is 0 Å². The lowest BCUT2D eigenvalue weighted by atomic mass is 10.5. The maximum absolute atomic E-state index is 9.87. The number of ether oxygens (including phenoxy) is 1. The van der Waals surface area contributed by atoms with Crippen LogP contribution in [0.2, 0.25) is 0 Å². The van der Waals surface area contributed by atoms with Gasteiger partial charge in [-0.05, 0) is 0 Å². The lowest BCUT2D eigenvalue weighted by molar-refractivity contribution is -0.141. The third-order valence-electron chi connectivity index (χ3n) is 0.740. The number of carboxylic acids is 1. The number of hydrogen-bond acceptors (Lipinski definition) is 3. The third kappa shape index (κ3) is 8.62. The molecule has 0 unspecified atom stereocenters. The second-order valence-corrected chi connectivity index (χ2v) is 1.62. The predicted molar refractivity (Wildman–Crippen MR) is 37.9 cm³/mol. The molecule has 1 N–H and O–H groups in total. The van der Waals surface area contributed by atoms with E-state index in [2.05, 4.69) is 4.74 Å². The number of allylic oxidation sites excluding steroid dienone is 2. The zero-order chi connectivity index (χ0) is 8.53. The van der Waals surface area contributed by atoms with Crippen molar-refractivity contribution in [3.63, 3.8) is 0 Å². The number of hydrogen-bond donors (Lipinski definition) is 1. The van der Waals surface area contributed by atoms with E-state index >= 15 is 0 Å². The van der Waals surface area contributed by atoms with Crippen molar-refractivity contribution in [2.45, 2.75) is 0 Å². The first-order valence-corrected chi connectivity index (χ1v) is 2.93. The lowest BCUT2D eigenvalue weighted by Gasteiger charge is -1.92. The Balaban J connectivity index is 3.27. The molecule has 0 bridgehead atoms. The Morgan fingerprint density at radius 1 is 1.64 bits per heavy atom.